The average molecular weight is 451 g/mol. The number of fused-ring (bicyclic) bond motifs is 2. The molecule has 0 saturated heterocycles. The number of aryl methyl sites for hydroxylation is 2. The average Bonchev–Trinajstić information content (AvgIpc) is 3.42. The van der Waals surface area contributed by atoms with Gasteiger partial charge in [-0.25, -0.2) is 22.4 Å². The number of rotatable bonds is 5. The predicted molar refractivity (Wildman–Crippen MR) is 119 cm³/mol. The second-order valence-electron chi connectivity index (χ2n) is 8.03. The van der Waals surface area contributed by atoms with E-state index in [0.29, 0.717) is 29.1 Å². The highest BCUT2D eigenvalue weighted by Gasteiger charge is 2.27. The summed E-state index contributed by atoms with van der Waals surface area (Å²) in [5.41, 5.74) is 2.80. The van der Waals surface area contributed by atoms with E-state index in [1.165, 1.54) is 16.5 Å². The second kappa shape index (κ2) is 7.56. The van der Waals surface area contributed by atoms with E-state index in [9.17, 15) is 13.2 Å². The number of carbonyl (C=O) groups is 1. The van der Waals surface area contributed by atoms with Gasteiger partial charge in [0.25, 0.3) is 10.0 Å². The van der Waals surface area contributed by atoms with Crippen LogP contribution in [0, 0.1) is 6.92 Å². The minimum atomic E-state index is -3.79. The van der Waals surface area contributed by atoms with Gasteiger partial charge in [0.1, 0.15) is 17.8 Å². The molecule has 0 aliphatic carbocycles. The summed E-state index contributed by atoms with van der Waals surface area (Å²) in [4.78, 5) is 22.0. The molecule has 0 amide bonds. The van der Waals surface area contributed by atoms with Crippen molar-refractivity contribution < 1.29 is 13.2 Å². The van der Waals surface area contributed by atoms with E-state index in [1.807, 2.05) is 29.6 Å². The van der Waals surface area contributed by atoms with E-state index in [-0.39, 0.29) is 10.9 Å². The van der Waals surface area contributed by atoms with Crippen LogP contribution in [0.4, 0.5) is 5.82 Å². The van der Waals surface area contributed by atoms with Gasteiger partial charge in [-0.15, -0.1) is 0 Å². The first-order valence-corrected chi connectivity index (χ1v) is 11.7. The molecule has 164 valence electrons. The zero-order chi connectivity index (χ0) is 22.5. The Bertz CT molecular complexity index is 1420. The first kappa shape index (κ1) is 20.4. The molecule has 0 N–H and O–H groups in total. The quantitative estimate of drug-likeness (QED) is 0.430. The summed E-state index contributed by atoms with van der Waals surface area (Å²) in [5.74, 6) is 0.657. The number of nitrogens with zero attached hydrogens (tertiary/aromatic N) is 6. The molecule has 0 fully saturated rings. The molecule has 0 spiro atoms. The third kappa shape index (κ3) is 3.27. The lowest BCUT2D eigenvalue weighted by Crippen LogP contribution is -2.39. The van der Waals surface area contributed by atoms with Crippen molar-refractivity contribution in [1.29, 1.82) is 0 Å². The van der Waals surface area contributed by atoms with Gasteiger partial charge in [-0.3, -0.25) is 9.48 Å². The van der Waals surface area contributed by atoms with Crippen LogP contribution in [0.15, 0.2) is 53.8 Å². The lowest BCUT2D eigenvalue weighted by atomic mass is 10.0. The monoisotopic (exact) mass is 450 g/mol. The van der Waals surface area contributed by atoms with Crippen molar-refractivity contribution in [3.63, 3.8) is 0 Å². The third-order valence-corrected chi connectivity index (χ3v) is 7.69. The molecule has 4 heterocycles. The largest absolute Gasteiger partial charge is 0.354 e. The smallest absolute Gasteiger partial charge is 0.269 e. The molecule has 1 aromatic carbocycles. The highest BCUT2D eigenvalue weighted by atomic mass is 32.2. The highest BCUT2D eigenvalue weighted by molar-refractivity contribution is 7.90. The molecule has 5 rings (SSSR count). The van der Waals surface area contributed by atoms with Gasteiger partial charge in [0.2, 0.25) is 0 Å². The first-order valence-electron chi connectivity index (χ1n) is 10.3. The van der Waals surface area contributed by atoms with Crippen molar-refractivity contribution in [3.05, 3.63) is 65.9 Å². The van der Waals surface area contributed by atoms with E-state index in [2.05, 4.69) is 15.1 Å². The standard InChI is InChI=1S/C22H22N6O3S/c1-15-3-7-19(8-4-15)32(30,31)28-10-9-20-21(23-14-24-22(20)28)26(2)18-6-5-17-11-16(13-29)25-27(17)12-18/h3-4,7-11,13-14,18H,5-6,12H2,1-2H3. The van der Waals surface area contributed by atoms with Gasteiger partial charge in [-0.05, 0) is 44.0 Å². The number of hydrogen-bond acceptors (Lipinski definition) is 7. The van der Waals surface area contributed by atoms with Crippen molar-refractivity contribution in [2.45, 2.75) is 37.2 Å². The molecule has 4 aromatic rings. The Labute approximate surface area is 185 Å². The zero-order valence-electron chi connectivity index (χ0n) is 17.7. The maximum Gasteiger partial charge on any atom is 0.269 e. The number of aldehydes is 1. The topological polar surface area (TPSA) is 103 Å². The van der Waals surface area contributed by atoms with Crippen molar-refractivity contribution in [2.24, 2.45) is 0 Å². The van der Waals surface area contributed by atoms with Crippen LogP contribution in [0.2, 0.25) is 0 Å². The number of benzene rings is 1. The molecule has 9 nitrogen and oxygen atoms in total. The first-order chi connectivity index (χ1) is 15.4. The van der Waals surface area contributed by atoms with Gasteiger partial charge in [-0.1, -0.05) is 17.7 Å². The summed E-state index contributed by atoms with van der Waals surface area (Å²) in [6.07, 6.45) is 5.34. The summed E-state index contributed by atoms with van der Waals surface area (Å²) in [6.45, 7) is 2.53. The minimum absolute atomic E-state index is 0.0945. The summed E-state index contributed by atoms with van der Waals surface area (Å²) in [7, 11) is -1.85. The van der Waals surface area contributed by atoms with Crippen LogP contribution in [-0.4, -0.2) is 51.5 Å². The Hall–Kier alpha value is -3.53. The fourth-order valence-electron chi connectivity index (χ4n) is 4.20. The molecule has 3 aromatic heterocycles. The van der Waals surface area contributed by atoms with Gasteiger partial charge >= 0.3 is 0 Å². The van der Waals surface area contributed by atoms with Crippen LogP contribution in [-0.2, 0) is 23.0 Å². The van der Waals surface area contributed by atoms with Crippen LogP contribution < -0.4 is 4.90 Å². The highest BCUT2D eigenvalue weighted by Crippen LogP contribution is 2.29. The fraction of sp³-hybridized carbons (Fsp3) is 0.273. The van der Waals surface area contributed by atoms with Crippen LogP contribution in [0.25, 0.3) is 11.0 Å². The summed E-state index contributed by atoms with van der Waals surface area (Å²) < 4.78 is 29.5. The Morgan fingerprint density at radius 2 is 1.94 bits per heavy atom. The van der Waals surface area contributed by atoms with Crippen molar-refractivity contribution in [1.82, 2.24) is 23.7 Å². The van der Waals surface area contributed by atoms with Crippen LogP contribution in [0.5, 0.6) is 0 Å². The molecule has 10 heteroatoms. The summed E-state index contributed by atoms with van der Waals surface area (Å²) in [6, 6.07) is 10.4. The van der Waals surface area contributed by atoms with E-state index >= 15 is 0 Å². The Kier molecular flexibility index (Phi) is 4.81. The van der Waals surface area contributed by atoms with Gasteiger partial charge in [0, 0.05) is 18.9 Å². The molecule has 1 unspecified atom stereocenters. The number of hydrogen-bond donors (Lipinski definition) is 0. The maximum atomic E-state index is 13.2. The lowest BCUT2D eigenvalue weighted by Gasteiger charge is -2.32. The molecule has 1 aliphatic rings. The van der Waals surface area contributed by atoms with Crippen molar-refractivity contribution in [3.8, 4) is 0 Å². The van der Waals surface area contributed by atoms with Crippen LogP contribution in [0.3, 0.4) is 0 Å². The SMILES string of the molecule is Cc1ccc(S(=O)(=O)n2ccc3c(N(C)C4CCc5cc(C=O)nn5C4)ncnc32)cc1. The van der Waals surface area contributed by atoms with E-state index in [1.54, 1.807) is 30.3 Å². The summed E-state index contributed by atoms with van der Waals surface area (Å²) in [5, 5.41) is 5.00. The Morgan fingerprint density at radius 1 is 1.16 bits per heavy atom. The van der Waals surface area contributed by atoms with E-state index in [4.69, 9.17) is 0 Å². The maximum absolute atomic E-state index is 13.2. The molecule has 1 atom stereocenters. The molecule has 1 aliphatic heterocycles. The predicted octanol–water partition coefficient (Wildman–Crippen LogP) is 2.44. The van der Waals surface area contributed by atoms with Gasteiger partial charge < -0.3 is 4.90 Å². The summed E-state index contributed by atoms with van der Waals surface area (Å²) >= 11 is 0. The van der Waals surface area contributed by atoms with Gasteiger partial charge in [0.05, 0.1) is 22.9 Å². The van der Waals surface area contributed by atoms with Crippen LogP contribution >= 0.6 is 0 Å². The lowest BCUT2D eigenvalue weighted by molar-refractivity contribution is 0.111. The van der Waals surface area contributed by atoms with Crippen molar-refractivity contribution >= 4 is 33.2 Å². The molecule has 0 saturated carbocycles. The van der Waals surface area contributed by atoms with Gasteiger partial charge in [0.15, 0.2) is 11.9 Å². The van der Waals surface area contributed by atoms with Crippen LogP contribution in [0.1, 0.15) is 28.2 Å². The molecular formula is C22H22N6O3S. The third-order valence-electron chi connectivity index (χ3n) is 6.01. The number of carbonyl (C=O) groups excluding carboxylic acids is 1. The van der Waals surface area contributed by atoms with E-state index in [0.717, 1.165) is 30.4 Å². The molecular weight excluding hydrogens is 428 g/mol. The number of likely N-dealkylation sites (N-methyl/N-ethyl adjacent to an activating group) is 1. The molecule has 32 heavy (non-hydrogen) atoms. The number of anilines is 1. The molecule has 0 bridgehead atoms. The van der Waals surface area contributed by atoms with Gasteiger partial charge in [-0.2, -0.15) is 5.10 Å². The zero-order valence-corrected chi connectivity index (χ0v) is 18.5. The molecule has 0 radical (unpaired) electrons. The Morgan fingerprint density at radius 3 is 2.69 bits per heavy atom. The van der Waals surface area contributed by atoms with Crippen molar-refractivity contribution in [2.75, 3.05) is 11.9 Å². The Balaban J connectivity index is 1.50. The fourth-order valence-corrected chi connectivity index (χ4v) is 5.50. The number of aromatic nitrogens is 5. The normalized spacial score (nSPS) is 16.1. The van der Waals surface area contributed by atoms with E-state index < -0.39 is 10.0 Å². The second-order valence-corrected chi connectivity index (χ2v) is 9.84. The minimum Gasteiger partial charge on any atom is -0.354 e.